The normalized spacial score (nSPS) is 10.7. The van der Waals surface area contributed by atoms with Crippen LogP contribution < -0.4 is 14.8 Å². The minimum atomic E-state index is -0.422. The van der Waals surface area contributed by atoms with E-state index in [1.165, 1.54) is 31.4 Å². The first-order valence-electron chi connectivity index (χ1n) is 10.1. The second-order valence-electron chi connectivity index (χ2n) is 6.77. The fourth-order valence-corrected chi connectivity index (χ4v) is 3.09. The smallest absolute Gasteiger partial charge is 0.269 e. The number of non-ortho nitro benzene ring substituents is 1. The second kappa shape index (κ2) is 12.3. The van der Waals surface area contributed by atoms with Crippen molar-refractivity contribution in [3.63, 3.8) is 0 Å². The number of hydrogen-bond donors (Lipinski definition) is 1. The van der Waals surface area contributed by atoms with Crippen LogP contribution in [-0.2, 0) is 13.2 Å². The van der Waals surface area contributed by atoms with Crippen LogP contribution in [0.3, 0.4) is 0 Å². The number of nitrogens with zero attached hydrogens (tertiary/aromatic N) is 1. The van der Waals surface area contributed by atoms with E-state index in [9.17, 15) is 10.1 Å². The zero-order valence-corrected chi connectivity index (χ0v) is 17.8. The molecule has 1 N–H and O–H groups in total. The van der Waals surface area contributed by atoms with Gasteiger partial charge in [-0.1, -0.05) is 37.8 Å². The standard InChI is InChI=1S/C22H29ClN2O4/c1-3-5-6-7-12-24-15-18-13-21(28-4-2)22(14-20(18)23)29-16-17-8-10-19(11-9-17)25(26)27/h8-11,13-14,24H,3-7,12,15-16H2,1-2H3. The molecule has 0 radical (unpaired) electrons. The molecule has 0 atom stereocenters. The first-order chi connectivity index (χ1) is 14.0. The predicted octanol–water partition coefficient (Wildman–Crippen LogP) is 5.90. The average Bonchev–Trinajstić information content (AvgIpc) is 2.71. The Hall–Kier alpha value is -2.31. The Morgan fingerprint density at radius 2 is 1.76 bits per heavy atom. The molecule has 158 valence electrons. The van der Waals surface area contributed by atoms with E-state index in [0.717, 1.165) is 24.1 Å². The van der Waals surface area contributed by atoms with Gasteiger partial charge in [-0.15, -0.1) is 0 Å². The number of benzene rings is 2. The van der Waals surface area contributed by atoms with Crippen molar-refractivity contribution in [1.82, 2.24) is 5.32 Å². The van der Waals surface area contributed by atoms with Gasteiger partial charge in [0.25, 0.3) is 5.69 Å². The lowest BCUT2D eigenvalue weighted by Gasteiger charge is -2.15. The van der Waals surface area contributed by atoms with E-state index in [4.69, 9.17) is 21.1 Å². The highest BCUT2D eigenvalue weighted by molar-refractivity contribution is 6.31. The Kier molecular flexibility index (Phi) is 9.74. The molecule has 0 fully saturated rings. The van der Waals surface area contributed by atoms with Crippen LogP contribution in [0.5, 0.6) is 11.5 Å². The number of hydrogen-bond acceptors (Lipinski definition) is 5. The maximum Gasteiger partial charge on any atom is 0.269 e. The minimum absolute atomic E-state index is 0.0540. The molecule has 6 nitrogen and oxygen atoms in total. The number of nitro benzene ring substituents is 1. The Balaban J connectivity index is 1.99. The largest absolute Gasteiger partial charge is 0.490 e. The maximum atomic E-state index is 10.8. The first kappa shape index (κ1) is 23.0. The minimum Gasteiger partial charge on any atom is -0.490 e. The summed E-state index contributed by atoms with van der Waals surface area (Å²) in [5.74, 6) is 1.20. The van der Waals surface area contributed by atoms with Gasteiger partial charge in [0, 0.05) is 29.8 Å². The zero-order chi connectivity index (χ0) is 21.1. The van der Waals surface area contributed by atoms with Crippen LogP contribution in [0.15, 0.2) is 36.4 Å². The third-order valence-electron chi connectivity index (χ3n) is 4.48. The van der Waals surface area contributed by atoms with Gasteiger partial charge in [0.2, 0.25) is 0 Å². The molecule has 2 aromatic carbocycles. The third-order valence-corrected chi connectivity index (χ3v) is 4.83. The summed E-state index contributed by atoms with van der Waals surface area (Å²) in [6.07, 6.45) is 4.87. The van der Waals surface area contributed by atoms with E-state index in [1.54, 1.807) is 18.2 Å². The van der Waals surface area contributed by atoms with E-state index in [-0.39, 0.29) is 12.3 Å². The molecule has 0 heterocycles. The van der Waals surface area contributed by atoms with E-state index in [2.05, 4.69) is 12.2 Å². The van der Waals surface area contributed by atoms with Crippen molar-refractivity contribution in [2.24, 2.45) is 0 Å². The number of rotatable bonds is 13. The Labute approximate surface area is 177 Å². The van der Waals surface area contributed by atoms with Gasteiger partial charge in [0.05, 0.1) is 11.5 Å². The molecule has 2 aromatic rings. The molecule has 0 spiro atoms. The predicted molar refractivity (Wildman–Crippen MR) is 116 cm³/mol. The molecule has 7 heteroatoms. The van der Waals surface area contributed by atoms with Gasteiger partial charge in [0.1, 0.15) is 6.61 Å². The molecule has 2 rings (SSSR count). The van der Waals surface area contributed by atoms with Crippen molar-refractivity contribution < 1.29 is 14.4 Å². The number of nitrogens with one attached hydrogen (secondary N) is 1. The van der Waals surface area contributed by atoms with Crippen LogP contribution in [-0.4, -0.2) is 18.1 Å². The zero-order valence-electron chi connectivity index (χ0n) is 17.1. The fourth-order valence-electron chi connectivity index (χ4n) is 2.87. The SMILES string of the molecule is CCCCCCNCc1cc(OCC)c(OCc2ccc([N+](=O)[O-])cc2)cc1Cl. The van der Waals surface area contributed by atoms with E-state index in [0.29, 0.717) is 29.7 Å². The molecule has 0 saturated carbocycles. The summed E-state index contributed by atoms with van der Waals surface area (Å²) in [5.41, 5.74) is 1.85. The molecule has 0 amide bonds. The van der Waals surface area contributed by atoms with Crippen LogP contribution in [0, 0.1) is 10.1 Å². The topological polar surface area (TPSA) is 73.6 Å². The number of unbranched alkanes of at least 4 members (excludes halogenated alkanes) is 3. The molecular weight excluding hydrogens is 392 g/mol. The van der Waals surface area contributed by atoms with Crippen LogP contribution in [0.4, 0.5) is 5.69 Å². The number of halogens is 1. The van der Waals surface area contributed by atoms with Crippen molar-refractivity contribution in [2.45, 2.75) is 52.7 Å². The lowest BCUT2D eigenvalue weighted by molar-refractivity contribution is -0.384. The summed E-state index contributed by atoms with van der Waals surface area (Å²) >= 11 is 6.45. The summed E-state index contributed by atoms with van der Waals surface area (Å²) in [6.45, 7) is 6.53. The quantitative estimate of drug-likeness (QED) is 0.248. The average molecular weight is 421 g/mol. The first-order valence-corrected chi connectivity index (χ1v) is 10.4. The molecule has 0 saturated heterocycles. The Morgan fingerprint density at radius 3 is 2.41 bits per heavy atom. The van der Waals surface area contributed by atoms with Crippen molar-refractivity contribution in [3.05, 3.63) is 62.7 Å². The van der Waals surface area contributed by atoms with Crippen LogP contribution in [0.2, 0.25) is 5.02 Å². The van der Waals surface area contributed by atoms with Gasteiger partial charge in [0.15, 0.2) is 11.5 Å². The fraction of sp³-hybridized carbons (Fsp3) is 0.455. The molecule has 29 heavy (non-hydrogen) atoms. The van der Waals surface area contributed by atoms with Gasteiger partial charge in [-0.05, 0) is 49.2 Å². The van der Waals surface area contributed by atoms with E-state index < -0.39 is 4.92 Å². The van der Waals surface area contributed by atoms with Gasteiger partial charge in [-0.2, -0.15) is 0 Å². The second-order valence-corrected chi connectivity index (χ2v) is 7.18. The molecule has 0 unspecified atom stereocenters. The van der Waals surface area contributed by atoms with E-state index >= 15 is 0 Å². The summed E-state index contributed by atoms with van der Waals surface area (Å²) in [7, 11) is 0. The lowest BCUT2D eigenvalue weighted by Crippen LogP contribution is -2.15. The van der Waals surface area contributed by atoms with Crippen LogP contribution in [0.25, 0.3) is 0 Å². The van der Waals surface area contributed by atoms with Crippen molar-refractivity contribution in [3.8, 4) is 11.5 Å². The van der Waals surface area contributed by atoms with Crippen molar-refractivity contribution in [2.75, 3.05) is 13.2 Å². The highest BCUT2D eigenvalue weighted by Crippen LogP contribution is 2.34. The molecule has 0 aromatic heterocycles. The monoisotopic (exact) mass is 420 g/mol. The highest BCUT2D eigenvalue weighted by atomic mass is 35.5. The van der Waals surface area contributed by atoms with Crippen molar-refractivity contribution in [1.29, 1.82) is 0 Å². The Bertz CT molecular complexity index is 781. The molecule has 0 aliphatic heterocycles. The molecule has 0 aliphatic rings. The summed E-state index contributed by atoms with van der Waals surface area (Å²) in [5, 5.41) is 14.8. The number of ether oxygens (including phenoxy) is 2. The maximum absolute atomic E-state index is 10.8. The summed E-state index contributed by atoms with van der Waals surface area (Å²) in [6, 6.07) is 9.96. The Morgan fingerprint density at radius 1 is 1.03 bits per heavy atom. The lowest BCUT2D eigenvalue weighted by atomic mass is 10.1. The van der Waals surface area contributed by atoms with Gasteiger partial charge in [-0.25, -0.2) is 0 Å². The molecule has 0 aliphatic carbocycles. The summed E-state index contributed by atoms with van der Waals surface area (Å²) < 4.78 is 11.6. The summed E-state index contributed by atoms with van der Waals surface area (Å²) in [4.78, 5) is 10.3. The third kappa shape index (κ3) is 7.55. The van der Waals surface area contributed by atoms with Gasteiger partial charge >= 0.3 is 0 Å². The van der Waals surface area contributed by atoms with Gasteiger partial charge < -0.3 is 14.8 Å². The molecular formula is C22H29ClN2O4. The van der Waals surface area contributed by atoms with Gasteiger partial charge in [-0.3, -0.25) is 10.1 Å². The van der Waals surface area contributed by atoms with Crippen molar-refractivity contribution >= 4 is 17.3 Å². The highest BCUT2D eigenvalue weighted by Gasteiger charge is 2.12. The molecule has 0 bridgehead atoms. The van der Waals surface area contributed by atoms with Crippen LogP contribution in [0.1, 0.15) is 50.7 Å². The van der Waals surface area contributed by atoms with E-state index in [1.807, 2.05) is 13.0 Å². The van der Waals surface area contributed by atoms with Crippen LogP contribution >= 0.6 is 11.6 Å². The number of nitro groups is 1.